The van der Waals surface area contributed by atoms with Crippen LogP contribution in [0.2, 0.25) is 0 Å². The number of hydrogen-bond donors (Lipinski definition) is 1. The molecule has 0 saturated carbocycles. The summed E-state index contributed by atoms with van der Waals surface area (Å²) in [5, 5.41) is 2.02. The van der Waals surface area contributed by atoms with Gasteiger partial charge in [0.05, 0.1) is 21.3 Å². The fraction of sp³-hybridized carbons (Fsp3) is 0.154. The largest absolute Gasteiger partial charge is 1.00 e. The Bertz CT molecular complexity index is 1370. The quantitative estimate of drug-likeness (QED) is 0.177. The number of rotatable bonds is 7. The van der Waals surface area contributed by atoms with Crippen LogP contribution in [0, 0.1) is 12.3 Å². The minimum Gasteiger partial charge on any atom is -1.00 e. The van der Waals surface area contributed by atoms with Crippen molar-refractivity contribution < 1.29 is 40.6 Å². The third-order valence-corrected chi connectivity index (χ3v) is 5.30. The second-order valence-electron chi connectivity index (χ2n) is 7.11. The summed E-state index contributed by atoms with van der Waals surface area (Å²) in [6.07, 6.45) is 10.6. The number of para-hydroxylation sites is 1. The maximum absolute atomic E-state index is 13.4. The van der Waals surface area contributed by atoms with Crippen LogP contribution in [0.25, 0.3) is 27.9 Å². The summed E-state index contributed by atoms with van der Waals surface area (Å²) in [5.41, 5.74) is 2.95. The number of carbonyl (C=O) groups is 1. The van der Waals surface area contributed by atoms with Crippen molar-refractivity contribution in [3.8, 4) is 29.6 Å². The number of ketones is 1. The standard InChI is InChI=1S/C26H22N2O4.BrH/c1-5-13-28-14-12-19-18-8-6-7-9-20(18)27-24(19)25(28)21(29)11-10-17-15-22(30-2)26(32-4)23(16-17)31-3;/h1,6-12,14-16H,13H2,2-4H3;1H/b11-10+;. The summed E-state index contributed by atoms with van der Waals surface area (Å²) < 4.78 is 17.9. The van der Waals surface area contributed by atoms with Crippen molar-refractivity contribution in [1.29, 1.82) is 0 Å². The van der Waals surface area contributed by atoms with Crippen molar-refractivity contribution >= 4 is 33.7 Å². The predicted molar refractivity (Wildman–Crippen MR) is 124 cm³/mol. The molecule has 0 amide bonds. The van der Waals surface area contributed by atoms with Crippen LogP contribution >= 0.6 is 0 Å². The molecule has 4 rings (SSSR count). The highest BCUT2D eigenvalue weighted by Crippen LogP contribution is 2.38. The Morgan fingerprint density at radius 3 is 2.39 bits per heavy atom. The molecule has 7 heteroatoms. The SMILES string of the molecule is C#CC[n+]1ccc2c([nH]c3ccccc32)c1C(=O)/C=C/c1cc(OC)c(OC)c(OC)c1.[Br-]. The summed E-state index contributed by atoms with van der Waals surface area (Å²) in [6.45, 7) is 0.282. The Hall–Kier alpha value is -3.76. The van der Waals surface area contributed by atoms with E-state index in [0.29, 0.717) is 22.9 Å². The molecule has 2 aromatic carbocycles. The van der Waals surface area contributed by atoms with Crippen LogP contribution in [0.3, 0.4) is 0 Å². The van der Waals surface area contributed by atoms with Crippen LogP contribution in [-0.4, -0.2) is 32.1 Å². The molecule has 0 fully saturated rings. The highest BCUT2D eigenvalue weighted by Gasteiger charge is 2.23. The summed E-state index contributed by atoms with van der Waals surface area (Å²) in [4.78, 5) is 16.7. The smallest absolute Gasteiger partial charge is 0.278 e. The number of terminal acetylenes is 1. The van der Waals surface area contributed by atoms with E-state index in [1.165, 1.54) is 6.08 Å². The van der Waals surface area contributed by atoms with Gasteiger partial charge < -0.3 is 36.2 Å². The first kappa shape index (κ1) is 23.9. The lowest BCUT2D eigenvalue weighted by Crippen LogP contribution is -3.00. The molecule has 2 aromatic heterocycles. The van der Waals surface area contributed by atoms with Crippen molar-refractivity contribution in [2.24, 2.45) is 0 Å². The maximum atomic E-state index is 13.4. The van der Waals surface area contributed by atoms with Gasteiger partial charge in [0.25, 0.3) is 11.5 Å². The molecular formula is C26H23BrN2O4. The lowest BCUT2D eigenvalue weighted by molar-refractivity contribution is -0.685. The molecular weight excluding hydrogens is 484 g/mol. The average molecular weight is 507 g/mol. The van der Waals surface area contributed by atoms with Crippen molar-refractivity contribution in [2.45, 2.75) is 6.54 Å². The second kappa shape index (κ2) is 10.2. The van der Waals surface area contributed by atoms with Crippen molar-refractivity contribution in [2.75, 3.05) is 21.3 Å². The van der Waals surface area contributed by atoms with E-state index in [0.717, 1.165) is 27.4 Å². The molecule has 0 bridgehead atoms. The van der Waals surface area contributed by atoms with Crippen molar-refractivity contribution in [3.63, 3.8) is 0 Å². The van der Waals surface area contributed by atoms with E-state index in [4.69, 9.17) is 20.6 Å². The Kier molecular flexibility index (Phi) is 7.41. The predicted octanol–water partition coefficient (Wildman–Crippen LogP) is 1.17. The number of fused-ring (bicyclic) bond motifs is 3. The van der Waals surface area contributed by atoms with E-state index in [1.54, 1.807) is 44.1 Å². The van der Waals surface area contributed by atoms with Gasteiger partial charge in [-0.15, -0.1) is 6.42 Å². The van der Waals surface area contributed by atoms with Crippen LogP contribution in [0.4, 0.5) is 0 Å². The van der Waals surface area contributed by atoms with E-state index in [2.05, 4.69) is 10.9 Å². The number of aromatic nitrogens is 2. The van der Waals surface area contributed by atoms with E-state index in [-0.39, 0.29) is 29.3 Å². The van der Waals surface area contributed by atoms with E-state index >= 15 is 0 Å². The molecule has 0 aliphatic heterocycles. The molecule has 1 N–H and O–H groups in total. The van der Waals surface area contributed by atoms with Crippen molar-refractivity contribution in [3.05, 3.63) is 66.0 Å². The van der Waals surface area contributed by atoms with Crippen LogP contribution < -0.4 is 35.8 Å². The topological polar surface area (TPSA) is 64.4 Å². The summed E-state index contributed by atoms with van der Waals surface area (Å²) >= 11 is 0. The number of hydrogen-bond acceptors (Lipinski definition) is 4. The molecule has 6 nitrogen and oxygen atoms in total. The number of benzene rings is 2. The third-order valence-electron chi connectivity index (χ3n) is 5.30. The minimum absolute atomic E-state index is 0. The number of nitrogens with one attached hydrogen (secondary N) is 1. The molecule has 4 aromatic rings. The molecule has 0 aliphatic carbocycles. The number of halogens is 1. The van der Waals surface area contributed by atoms with Gasteiger partial charge in [0.15, 0.2) is 17.7 Å². The summed E-state index contributed by atoms with van der Waals surface area (Å²) in [5.74, 6) is 3.97. The molecule has 0 saturated heterocycles. The first-order chi connectivity index (χ1) is 15.6. The number of carbonyl (C=O) groups excluding carboxylic acids is 1. The van der Waals surface area contributed by atoms with E-state index in [1.807, 2.05) is 36.5 Å². The zero-order valence-corrected chi connectivity index (χ0v) is 20.1. The van der Waals surface area contributed by atoms with Gasteiger partial charge in [-0.3, -0.25) is 4.79 Å². The van der Waals surface area contributed by atoms with Gasteiger partial charge in [0, 0.05) is 22.4 Å². The molecule has 0 radical (unpaired) electrons. The number of ether oxygens (including phenoxy) is 3. The molecule has 0 aliphatic rings. The van der Waals surface area contributed by atoms with Gasteiger partial charge in [0.1, 0.15) is 5.52 Å². The number of allylic oxidation sites excluding steroid dienone is 1. The normalized spacial score (nSPS) is 10.7. The third kappa shape index (κ3) is 4.43. The monoisotopic (exact) mass is 506 g/mol. The summed E-state index contributed by atoms with van der Waals surface area (Å²) in [7, 11) is 4.65. The summed E-state index contributed by atoms with van der Waals surface area (Å²) in [6, 6.07) is 13.5. The highest BCUT2D eigenvalue weighted by atomic mass is 79.9. The van der Waals surface area contributed by atoms with Gasteiger partial charge >= 0.3 is 0 Å². The van der Waals surface area contributed by atoms with Gasteiger partial charge in [0.2, 0.25) is 12.3 Å². The molecule has 0 unspecified atom stereocenters. The number of aromatic amines is 1. The fourth-order valence-electron chi connectivity index (χ4n) is 3.85. The number of pyridine rings is 1. The molecule has 0 atom stereocenters. The maximum Gasteiger partial charge on any atom is 0.278 e. The lowest BCUT2D eigenvalue weighted by Gasteiger charge is -2.12. The fourth-order valence-corrected chi connectivity index (χ4v) is 3.85. The molecule has 33 heavy (non-hydrogen) atoms. The Labute approximate surface area is 202 Å². The zero-order valence-electron chi connectivity index (χ0n) is 18.5. The second-order valence-corrected chi connectivity index (χ2v) is 7.11. The zero-order chi connectivity index (χ0) is 22.7. The van der Waals surface area contributed by atoms with Crippen LogP contribution in [0.5, 0.6) is 17.2 Å². The van der Waals surface area contributed by atoms with E-state index in [9.17, 15) is 4.79 Å². The Morgan fingerprint density at radius 1 is 1.06 bits per heavy atom. The number of methoxy groups -OCH3 is 3. The highest BCUT2D eigenvalue weighted by molar-refractivity contribution is 6.16. The van der Waals surface area contributed by atoms with E-state index < -0.39 is 0 Å². The number of H-pyrrole nitrogens is 1. The van der Waals surface area contributed by atoms with Gasteiger partial charge in [-0.25, -0.2) is 0 Å². The Balaban J connectivity index is 0.00000306. The average Bonchev–Trinajstić information content (AvgIpc) is 3.20. The van der Waals surface area contributed by atoms with Crippen LogP contribution in [0.15, 0.2) is 54.7 Å². The first-order valence-electron chi connectivity index (χ1n) is 10.00. The Morgan fingerprint density at radius 2 is 1.76 bits per heavy atom. The van der Waals surface area contributed by atoms with Crippen LogP contribution in [-0.2, 0) is 6.54 Å². The molecule has 0 spiro atoms. The minimum atomic E-state index is -0.175. The number of nitrogens with zero attached hydrogens (tertiary/aromatic N) is 1. The lowest BCUT2D eigenvalue weighted by atomic mass is 10.1. The van der Waals surface area contributed by atoms with Crippen molar-refractivity contribution in [1.82, 2.24) is 4.98 Å². The van der Waals surface area contributed by atoms with Gasteiger partial charge in [-0.1, -0.05) is 24.3 Å². The first-order valence-corrected chi connectivity index (χ1v) is 10.00. The molecule has 2 heterocycles. The van der Waals surface area contributed by atoms with Gasteiger partial charge in [-0.2, -0.15) is 4.57 Å². The van der Waals surface area contributed by atoms with Crippen LogP contribution in [0.1, 0.15) is 16.1 Å². The van der Waals surface area contributed by atoms with Gasteiger partial charge in [-0.05, 0) is 35.8 Å². The molecule has 168 valence electrons.